The monoisotopic (exact) mass is 286 g/mol. The van der Waals surface area contributed by atoms with Crippen molar-refractivity contribution in [1.82, 2.24) is 9.97 Å². The van der Waals surface area contributed by atoms with Gasteiger partial charge < -0.3 is 4.74 Å². The van der Waals surface area contributed by atoms with Gasteiger partial charge in [-0.3, -0.25) is 9.97 Å². The number of nitrogens with zero attached hydrogens (tertiary/aromatic N) is 2. The highest BCUT2D eigenvalue weighted by atomic mass is 35.5. The van der Waals surface area contributed by atoms with E-state index >= 15 is 0 Å². The Kier molecular flexibility index (Phi) is 3.24. The highest BCUT2D eigenvalue weighted by molar-refractivity contribution is 6.40. The molecule has 2 aromatic heterocycles. The summed E-state index contributed by atoms with van der Waals surface area (Å²) in [4.78, 5) is 20.4. The molecule has 20 heavy (non-hydrogen) atoms. The van der Waals surface area contributed by atoms with E-state index < -0.39 is 5.97 Å². The van der Waals surface area contributed by atoms with Crippen LogP contribution >= 0.6 is 11.6 Å². The summed E-state index contributed by atoms with van der Waals surface area (Å²) >= 11 is 6.38. The third-order valence-electron chi connectivity index (χ3n) is 3.05. The van der Waals surface area contributed by atoms with Crippen molar-refractivity contribution in [3.05, 3.63) is 47.2 Å². The van der Waals surface area contributed by atoms with Gasteiger partial charge in [-0.25, -0.2) is 4.79 Å². The van der Waals surface area contributed by atoms with E-state index in [4.69, 9.17) is 16.3 Å². The number of carbonyl (C=O) groups is 1. The second-order valence-corrected chi connectivity index (χ2v) is 4.61. The maximum Gasteiger partial charge on any atom is 0.341 e. The molecule has 0 N–H and O–H groups in total. The summed E-state index contributed by atoms with van der Waals surface area (Å²) in [7, 11) is 0. The number of hydrogen-bond donors (Lipinski definition) is 0. The third kappa shape index (κ3) is 1.98. The maximum atomic E-state index is 11.9. The number of halogens is 1. The molecule has 0 radical (unpaired) electrons. The largest absolute Gasteiger partial charge is 0.462 e. The van der Waals surface area contributed by atoms with Crippen LogP contribution < -0.4 is 0 Å². The van der Waals surface area contributed by atoms with Crippen LogP contribution in [0.2, 0.25) is 5.02 Å². The first kappa shape index (κ1) is 12.8. The Balaban J connectivity index is 2.35. The third-order valence-corrected chi connectivity index (χ3v) is 3.44. The van der Waals surface area contributed by atoms with Gasteiger partial charge in [0.15, 0.2) is 0 Å². The molecule has 0 saturated carbocycles. The fourth-order valence-electron chi connectivity index (χ4n) is 2.16. The molecule has 0 atom stereocenters. The van der Waals surface area contributed by atoms with Crippen molar-refractivity contribution in [1.29, 1.82) is 0 Å². The molecule has 0 bridgehead atoms. The normalized spacial score (nSPS) is 10.9. The van der Waals surface area contributed by atoms with Crippen molar-refractivity contribution in [3.63, 3.8) is 0 Å². The maximum absolute atomic E-state index is 11.9. The fraction of sp³-hybridized carbons (Fsp3) is 0.133. The Bertz CT molecular complexity index is 817. The molecule has 0 aliphatic rings. The topological polar surface area (TPSA) is 52.1 Å². The van der Waals surface area contributed by atoms with Crippen LogP contribution in [0.4, 0.5) is 0 Å². The number of esters is 1. The molecule has 0 aliphatic carbocycles. The molecule has 3 aromatic rings. The molecule has 3 rings (SSSR count). The van der Waals surface area contributed by atoms with E-state index in [2.05, 4.69) is 9.97 Å². The standard InChI is InChI=1S/C15H11ClN2O2/c1-2-20-15(19)10-8-18-12-6-5-11-9(4-3-7-17-11)13(12)14(10)16/h3-8H,2H2,1H3. The predicted molar refractivity (Wildman–Crippen MR) is 78.0 cm³/mol. The van der Waals surface area contributed by atoms with Crippen LogP contribution in [0, 0.1) is 0 Å². The molecule has 4 nitrogen and oxygen atoms in total. The molecular weight excluding hydrogens is 276 g/mol. The van der Waals surface area contributed by atoms with Crippen LogP contribution in [0.1, 0.15) is 17.3 Å². The Morgan fingerprint density at radius 3 is 2.85 bits per heavy atom. The smallest absolute Gasteiger partial charge is 0.341 e. The predicted octanol–water partition coefficient (Wildman–Crippen LogP) is 3.61. The van der Waals surface area contributed by atoms with E-state index in [9.17, 15) is 4.79 Å². The first-order chi connectivity index (χ1) is 9.72. The first-order valence-electron chi connectivity index (χ1n) is 6.21. The average Bonchev–Trinajstić information content (AvgIpc) is 2.47. The van der Waals surface area contributed by atoms with E-state index in [1.165, 1.54) is 6.20 Å². The lowest BCUT2D eigenvalue weighted by Gasteiger charge is -2.08. The van der Waals surface area contributed by atoms with Crippen molar-refractivity contribution in [2.45, 2.75) is 6.92 Å². The highest BCUT2D eigenvalue weighted by Gasteiger charge is 2.16. The van der Waals surface area contributed by atoms with Crippen LogP contribution in [0.15, 0.2) is 36.7 Å². The minimum absolute atomic E-state index is 0.275. The molecule has 0 fully saturated rings. The summed E-state index contributed by atoms with van der Waals surface area (Å²) in [5.41, 5.74) is 1.81. The van der Waals surface area contributed by atoms with Gasteiger partial charge in [-0.05, 0) is 25.1 Å². The van der Waals surface area contributed by atoms with Crippen molar-refractivity contribution in [2.24, 2.45) is 0 Å². The summed E-state index contributed by atoms with van der Waals surface area (Å²) in [6.45, 7) is 2.05. The number of rotatable bonds is 2. The van der Waals surface area contributed by atoms with E-state index in [0.29, 0.717) is 11.6 Å². The molecular formula is C15H11ClN2O2. The van der Waals surface area contributed by atoms with Gasteiger partial charge in [0.1, 0.15) is 0 Å². The van der Waals surface area contributed by atoms with Gasteiger partial charge in [0.25, 0.3) is 0 Å². The number of ether oxygens (including phenoxy) is 1. The molecule has 0 unspecified atom stereocenters. The summed E-state index contributed by atoms with van der Waals surface area (Å²) in [6.07, 6.45) is 3.16. The van der Waals surface area contributed by atoms with Crippen molar-refractivity contribution in [2.75, 3.05) is 6.61 Å². The van der Waals surface area contributed by atoms with Gasteiger partial charge in [-0.2, -0.15) is 0 Å². The second kappa shape index (κ2) is 5.06. The van der Waals surface area contributed by atoms with Crippen LogP contribution in [-0.2, 0) is 4.74 Å². The van der Waals surface area contributed by atoms with Crippen molar-refractivity contribution < 1.29 is 9.53 Å². The minimum atomic E-state index is -0.465. The summed E-state index contributed by atoms with van der Waals surface area (Å²) < 4.78 is 4.99. The molecule has 5 heteroatoms. The van der Waals surface area contributed by atoms with Crippen LogP contribution in [-0.4, -0.2) is 22.5 Å². The lowest BCUT2D eigenvalue weighted by molar-refractivity contribution is 0.0526. The Labute approximate surface area is 120 Å². The zero-order chi connectivity index (χ0) is 14.1. The highest BCUT2D eigenvalue weighted by Crippen LogP contribution is 2.31. The number of fused-ring (bicyclic) bond motifs is 3. The van der Waals surface area contributed by atoms with E-state index in [1.54, 1.807) is 13.1 Å². The summed E-state index contributed by atoms with van der Waals surface area (Å²) in [6, 6.07) is 7.46. The zero-order valence-corrected chi connectivity index (χ0v) is 11.5. The molecule has 2 heterocycles. The molecule has 1 aromatic carbocycles. The second-order valence-electron chi connectivity index (χ2n) is 4.24. The number of aromatic nitrogens is 2. The number of hydrogen-bond acceptors (Lipinski definition) is 4. The Hall–Kier alpha value is -2.20. The molecule has 0 spiro atoms. The molecule has 0 saturated heterocycles. The lowest BCUT2D eigenvalue weighted by atomic mass is 10.1. The number of pyridine rings is 2. The van der Waals surface area contributed by atoms with Crippen molar-refractivity contribution in [3.8, 4) is 0 Å². The van der Waals surface area contributed by atoms with Gasteiger partial charge in [0, 0.05) is 23.2 Å². The summed E-state index contributed by atoms with van der Waals surface area (Å²) in [5, 5.41) is 1.95. The minimum Gasteiger partial charge on any atom is -0.462 e. The molecule has 0 amide bonds. The average molecular weight is 287 g/mol. The van der Waals surface area contributed by atoms with Gasteiger partial charge in [-0.1, -0.05) is 17.7 Å². The van der Waals surface area contributed by atoms with Gasteiger partial charge >= 0.3 is 5.97 Å². The van der Waals surface area contributed by atoms with Crippen LogP contribution in [0.3, 0.4) is 0 Å². The zero-order valence-electron chi connectivity index (χ0n) is 10.8. The number of carbonyl (C=O) groups excluding carboxylic acids is 1. The van der Waals surface area contributed by atoms with Crippen molar-refractivity contribution >= 4 is 39.4 Å². The SMILES string of the molecule is CCOC(=O)c1cnc2ccc3ncccc3c2c1Cl. The molecule has 100 valence electrons. The van der Waals surface area contributed by atoms with Gasteiger partial charge in [0.05, 0.1) is 28.2 Å². The van der Waals surface area contributed by atoms with E-state index in [0.717, 1.165) is 21.8 Å². The van der Waals surface area contributed by atoms with E-state index in [1.807, 2.05) is 24.3 Å². The van der Waals surface area contributed by atoms with Gasteiger partial charge in [0.2, 0.25) is 0 Å². The van der Waals surface area contributed by atoms with E-state index in [-0.39, 0.29) is 5.56 Å². The quantitative estimate of drug-likeness (QED) is 0.533. The van der Waals surface area contributed by atoms with Crippen LogP contribution in [0.25, 0.3) is 21.8 Å². The molecule has 0 aliphatic heterocycles. The van der Waals surface area contributed by atoms with Crippen LogP contribution in [0.5, 0.6) is 0 Å². The van der Waals surface area contributed by atoms with Gasteiger partial charge in [-0.15, -0.1) is 0 Å². The Morgan fingerprint density at radius 2 is 2.05 bits per heavy atom. The summed E-state index contributed by atoms with van der Waals surface area (Å²) in [5.74, 6) is -0.465. The lowest BCUT2D eigenvalue weighted by Crippen LogP contribution is -2.06. The first-order valence-corrected chi connectivity index (χ1v) is 6.59. The number of benzene rings is 1. The Morgan fingerprint density at radius 1 is 1.25 bits per heavy atom. The fourth-order valence-corrected chi connectivity index (χ4v) is 2.48.